The van der Waals surface area contributed by atoms with Gasteiger partial charge in [-0.25, -0.2) is 0 Å². The molecule has 1 aliphatic rings. The summed E-state index contributed by atoms with van der Waals surface area (Å²) in [4.78, 5) is 11.6. The standard InChI is InChI=1S/C14H26O2/c1-5-11(6-2)14(12(15)16)9-7-13(3,4)8-10-14/h11H,5-10H2,1-4H3,(H,15,16). The highest BCUT2D eigenvalue weighted by Gasteiger charge is 2.47. The van der Waals surface area contributed by atoms with Gasteiger partial charge in [0.1, 0.15) is 0 Å². The Morgan fingerprint density at radius 3 is 1.88 bits per heavy atom. The third-order valence-electron chi connectivity index (χ3n) is 4.69. The number of aliphatic carboxylic acids is 1. The van der Waals surface area contributed by atoms with Gasteiger partial charge in [-0.15, -0.1) is 0 Å². The largest absolute Gasteiger partial charge is 0.481 e. The van der Waals surface area contributed by atoms with Crippen molar-refractivity contribution in [2.45, 2.75) is 66.2 Å². The molecule has 16 heavy (non-hydrogen) atoms. The van der Waals surface area contributed by atoms with Gasteiger partial charge in [-0.05, 0) is 37.0 Å². The van der Waals surface area contributed by atoms with Crippen molar-refractivity contribution < 1.29 is 9.90 Å². The van der Waals surface area contributed by atoms with Crippen LogP contribution < -0.4 is 0 Å². The first kappa shape index (κ1) is 13.5. The molecular formula is C14H26O2. The molecule has 0 amide bonds. The molecule has 0 bridgehead atoms. The summed E-state index contributed by atoms with van der Waals surface area (Å²) in [5, 5.41) is 9.59. The van der Waals surface area contributed by atoms with Crippen LogP contribution in [-0.4, -0.2) is 11.1 Å². The average Bonchev–Trinajstić information content (AvgIpc) is 2.22. The van der Waals surface area contributed by atoms with E-state index in [4.69, 9.17) is 0 Å². The van der Waals surface area contributed by atoms with E-state index in [0.717, 1.165) is 38.5 Å². The maximum Gasteiger partial charge on any atom is 0.309 e. The van der Waals surface area contributed by atoms with Crippen LogP contribution in [0.3, 0.4) is 0 Å². The molecule has 1 saturated carbocycles. The highest BCUT2D eigenvalue weighted by atomic mass is 16.4. The zero-order valence-electron chi connectivity index (χ0n) is 11.2. The highest BCUT2D eigenvalue weighted by molar-refractivity contribution is 5.75. The Morgan fingerprint density at radius 2 is 1.56 bits per heavy atom. The minimum Gasteiger partial charge on any atom is -0.481 e. The molecule has 0 aromatic rings. The summed E-state index contributed by atoms with van der Waals surface area (Å²) in [5.41, 5.74) is -0.0933. The lowest BCUT2D eigenvalue weighted by molar-refractivity contribution is -0.157. The average molecular weight is 226 g/mol. The van der Waals surface area contributed by atoms with Gasteiger partial charge in [0.25, 0.3) is 0 Å². The molecule has 0 saturated heterocycles. The van der Waals surface area contributed by atoms with Crippen LogP contribution in [0.15, 0.2) is 0 Å². The molecule has 0 unspecified atom stereocenters. The Bertz CT molecular complexity index is 241. The fourth-order valence-corrected chi connectivity index (χ4v) is 3.24. The molecule has 0 heterocycles. The molecule has 1 N–H and O–H groups in total. The van der Waals surface area contributed by atoms with E-state index in [9.17, 15) is 9.90 Å². The van der Waals surface area contributed by atoms with E-state index in [1.54, 1.807) is 0 Å². The maximum absolute atomic E-state index is 11.6. The SMILES string of the molecule is CCC(CC)C1(C(=O)O)CCC(C)(C)CC1. The van der Waals surface area contributed by atoms with Gasteiger partial charge in [0.15, 0.2) is 0 Å². The summed E-state index contributed by atoms with van der Waals surface area (Å²) >= 11 is 0. The first-order valence-electron chi connectivity index (χ1n) is 6.61. The van der Waals surface area contributed by atoms with E-state index in [1.165, 1.54) is 0 Å². The van der Waals surface area contributed by atoms with Crippen LogP contribution in [0.4, 0.5) is 0 Å². The molecule has 2 nitrogen and oxygen atoms in total. The maximum atomic E-state index is 11.6. The highest BCUT2D eigenvalue weighted by Crippen LogP contribution is 2.50. The predicted molar refractivity (Wildman–Crippen MR) is 66.4 cm³/mol. The van der Waals surface area contributed by atoms with Crippen LogP contribution in [0.5, 0.6) is 0 Å². The Morgan fingerprint density at radius 1 is 1.12 bits per heavy atom. The van der Waals surface area contributed by atoms with Crippen LogP contribution >= 0.6 is 0 Å². The Hall–Kier alpha value is -0.530. The zero-order valence-corrected chi connectivity index (χ0v) is 11.2. The van der Waals surface area contributed by atoms with Crippen LogP contribution in [-0.2, 0) is 4.79 Å². The van der Waals surface area contributed by atoms with E-state index in [-0.39, 0.29) is 0 Å². The monoisotopic (exact) mass is 226 g/mol. The normalized spacial score (nSPS) is 23.3. The van der Waals surface area contributed by atoms with E-state index in [1.807, 2.05) is 0 Å². The van der Waals surface area contributed by atoms with E-state index in [0.29, 0.717) is 11.3 Å². The number of carboxylic acids is 1. The van der Waals surface area contributed by atoms with Crippen LogP contribution in [0.1, 0.15) is 66.2 Å². The fraction of sp³-hybridized carbons (Fsp3) is 0.929. The number of hydrogen-bond acceptors (Lipinski definition) is 1. The second kappa shape index (κ2) is 4.77. The van der Waals surface area contributed by atoms with Crippen molar-refractivity contribution in [3.63, 3.8) is 0 Å². The second-order valence-corrected chi connectivity index (χ2v) is 6.14. The first-order chi connectivity index (χ1) is 7.38. The molecule has 0 aliphatic heterocycles. The molecule has 0 aromatic carbocycles. The molecule has 0 atom stereocenters. The third kappa shape index (κ3) is 2.41. The van der Waals surface area contributed by atoms with Gasteiger partial charge < -0.3 is 5.11 Å². The molecule has 1 fully saturated rings. The molecular weight excluding hydrogens is 200 g/mol. The number of hydrogen-bond donors (Lipinski definition) is 1. The Balaban J connectivity index is 2.88. The van der Waals surface area contributed by atoms with Crippen molar-refractivity contribution in [2.24, 2.45) is 16.7 Å². The quantitative estimate of drug-likeness (QED) is 0.783. The zero-order chi connectivity index (χ0) is 12.4. The van der Waals surface area contributed by atoms with Gasteiger partial charge in [-0.3, -0.25) is 4.79 Å². The van der Waals surface area contributed by atoms with Crippen molar-refractivity contribution in [1.82, 2.24) is 0 Å². The number of carboxylic acid groups (broad SMARTS) is 1. The molecule has 0 radical (unpaired) electrons. The van der Waals surface area contributed by atoms with Crippen molar-refractivity contribution >= 4 is 5.97 Å². The van der Waals surface area contributed by atoms with Crippen molar-refractivity contribution in [3.05, 3.63) is 0 Å². The predicted octanol–water partition coefficient (Wildman–Crippen LogP) is 4.09. The van der Waals surface area contributed by atoms with Crippen molar-refractivity contribution in [1.29, 1.82) is 0 Å². The summed E-state index contributed by atoms with van der Waals surface area (Å²) < 4.78 is 0. The van der Waals surface area contributed by atoms with Crippen LogP contribution in [0.2, 0.25) is 0 Å². The molecule has 1 aliphatic carbocycles. The number of rotatable bonds is 4. The van der Waals surface area contributed by atoms with E-state index >= 15 is 0 Å². The lowest BCUT2D eigenvalue weighted by Crippen LogP contribution is -2.43. The molecule has 2 heteroatoms. The van der Waals surface area contributed by atoms with Gasteiger partial charge in [-0.1, -0.05) is 40.5 Å². The summed E-state index contributed by atoms with van der Waals surface area (Å²) in [5.74, 6) is -0.210. The van der Waals surface area contributed by atoms with Crippen LogP contribution in [0.25, 0.3) is 0 Å². The molecule has 1 rings (SSSR count). The molecule has 0 spiro atoms. The molecule has 0 aromatic heterocycles. The van der Waals surface area contributed by atoms with Crippen molar-refractivity contribution in [2.75, 3.05) is 0 Å². The summed E-state index contributed by atoms with van der Waals surface area (Å²) in [7, 11) is 0. The number of carbonyl (C=O) groups is 1. The fourth-order valence-electron chi connectivity index (χ4n) is 3.24. The smallest absolute Gasteiger partial charge is 0.309 e. The Kier molecular flexibility index (Phi) is 4.03. The lowest BCUT2D eigenvalue weighted by Gasteiger charge is -2.45. The van der Waals surface area contributed by atoms with Crippen molar-refractivity contribution in [3.8, 4) is 0 Å². The topological polar surface area (TPSA) is 37.3 Å². The minimum absolute atomic E-state index is 0.338. The van der Waals surface area contributed by atoms with Gasteiger partial charge in [0.2, 0.25) is 0 Å². The van der Waals surface area contributed by atoms with Gasteiger partial charge in [0.05, 0.1) is 5.41 Å². The Labute approximate surface area is 99.4 Å². The molecule has 94 valence electrons. The summed E-state index contributed by atoms with van der Waals surface area (Å²) in [6.07, 6.45) is 5.81. The minimum atomic E-state index is -0.559. The van der Waals surface area contributed by atoms with Gasteiger partial charge in [0, 0.05) is 0 Å². The van der Waals surface area contributed by atoms with E-state index in [2.05, 4.69) is 27.7 Å². The second-order valence-electron chi connectivity index (χ2n) is 6.14. The summed E-state index contributed by atoms with van der Waals surface area (Å²) in [6.45, 7) is 8.76. The first-order valence-corrected chi connectivity index (χ1v) is 6.61. The van der Waals surface area contributed by atoms with Gasteiger partial charge in [-0.2, -0.15) is 0 Å². The van der Waals surface area contributed by atoms with Crippen LogP contribution in [0, 0.1) is 16.7 Å². The summed E-state index contributed by atoms with van der Waals surface area (Å²) in [6, 6.07) is 0. The lowest BCUT2D eigenvalue weighted by atomic mass is 9.59. The van der Waals surface area contributed by atoms with Gasteiger partial charge >= 0.3 is 5.97 Å². The van der Waals surface area contributed by atoms with E-state index < -0.39 is 11.4 Å². The third-order valence-corrected chi connectivity index (χ3v) is 4.69.